The first kappa shape index (κ1) is 12.5. The fourth-order valence-corrected chi connectivity index (χ4v) is 1.92. The summed E-state index contributed by atoms with van der Waals surface area (Å²) in [7, 11) is 0. The van der Waals surface area contributed by atoms with E-state index in [9.17, 15) is 4.79 Å². The Morgan fingerprint density at radius 3 is 2.67 bits per heavy atom. The maximum Gasteiger partial charge on any atom is 0.304 e. The van der Waals surface area contributed by atoms with Gasteiger partial charge in [-0.1, -0.05) is 39.0 Å². The topological polar surface area (TPSA) is 63.3 Å². The van der Waals surface area contributed by atoms with E-state index in [0.29, 0.717) is 5.92 Å². The van der Waals surface area contributed by atoms with Crippen LogP contribution in [-0.2, 0) is 4.79 Å². The highest BCUT2D eigenvalue weighted by Gasteiger charge is 2.20. The van der Waals surface area contributed by atoms with Crippen molar-refractivity contribution in [3.63, 3.8) is 0 Å². The summed E-state index contributed by atoms with van der Waals surface area (Å²) < 4.78 is 0. The van der Waals surface area contributed by atoms with Crippen molar-refractivity contribution >= 4 is 5.97 Å². The molecule has 15 heavy (non-hydrogen) atoms. The third kappa shape index (κ3) is 5.78. The second-order valence-corrected chi connectivity index (χ2v) is 4.97. The zero-order valence-corrected chi connectivity index (χ0v) is 9.61. The van der Waals surface area contributed by atoms with Crippen LogP contribution in [-0.4, -0.2) is 17.1 Å². The molecule has 0 aromatic heterocycles. The van der Waals surface area contributed by atoms with Crippen molar-refractivity contribution in [3.8, 4) is 0 Å². The molecule has 0 bridgehead atoms. The number of rotatable bonds is 8. The Balaban J connectivity index is 1.99. The molecule has 0 aromatic carbocycles. The van der Waals surface area contributed by atoms with Crippen molar-refractivity contribution in [1.29, 1.82) is 0 Å². The predicted molar refractivity (Wildman–Crippen MR) is 60.6 cm³/mol. The number of carboxylic acids is 1. The Morgan fingerprint density at radius 2 is 2.13 bits per heavy atom. The summed E-state index contributed by atoms with van der Waals surface area (Å²) in [5.41, 5.74) is 5.79. The number of carboxylic acid groups (broad SMARTS) is 1. The molecule has 2 atom stereocenters. The quantitative estimate of drug-likeness (QED) is 0.608. The van der Waals surface area contributed by atoms with Gasteiger partial charge in [-0.3, -0.25) is 4.79 Å². The van der Waals surface area contributed by atoms with Crippen molar-refractivity contribution in [3.05, 3.63) is 0 Å². The minimum atomic E-state index is -0.785. The number of hydrogen-bond acceptors (Lipinski definition) is 2. The summed E-state index contributed by atoms with van der Waals surface area (Å²) >= 11 is 0. The first-order valence-electron chi connectivity index (χ1n) is 6.07. The van der Waals surface area contributed by atoms with Gasteiger partial charge in [0.2, 0.25) is 0 Å². The lowest BCUT2D eigenvalue weighted by Crippen LogP contribution is -2.30. The third-order valence-electron chi connectivity index (χ3n) is 3.36. The van der Waals surface area contributed by atoms with Crippen LogP contribution >= 0.6 is 0 Å². The number of aliphatic carboxylic acids is 1. The van der Waals surface area contributed by atoms with E-state index in [1.165, 1.54) is 32.1 Å². The molecule has 3 heteroatoms. The molecule has 0 heterocycles. The average molecular weight is 213 g/mol. The van der Waals surface area contributed by atoms with Gasteiger partial charge in [-0.05, 0) is 18.3 Å². The van der Waals surface area contributed by atoms with Crippen molar-refractivity contribution in [2.45, 2.75) is 57.9 Å². The molecule has 1 saturated carbocycles. The second-order valence-electron chi connectivity index (χ2n) is 4.97. The molecular formula is C12H23NO2. The number of carbonyl (C=O) groups is 1. The molecule has 0 radical (unpaired) electrons. The second kappa shape index (κ2) is 6.11. The van der Waals surface area contributed by atoms with Gasteiger partial charge < -0.3 is 10.8 Å². The Bertz CT molecular complexity index is 202. The van der Waals surface area contributed by atoms with Crippen molar-refractivity contribution in [1.82, 2.24) is 0 Å². The predicted octanol–water partition coefficient (Wildman–Crippen LogP) is 2.39. The molecule has 1 aliphatic rings. The molecule has 0 aromatic rings. The Labute approximate surface area is 92.0 Å². The molecule has 1 rings (SSSR count). The maximum atomic E-state index is 10.5. The van der Waals surface area contributed by atoms with Gasteiger partial charge in [0.15, 0.2) is 0 Å². The Hall–Kier alpha value is -0.570. The smallest absolute Gasteiger partial charge is 0.304 e. The number of unbranched alkanes of at least 4 members (excludes halogenated alkanes) is 1. The van der Waals surface area contributed by atoms with Gasteiger partial charge in [-0.25, -0.2) is 0 Å². The fraction of sp³-hybridized carbons (Fsp3) is 0.917. The van der Waals surface area contributed by atoms with Crippen LogP contribution in [0.3, 0.4) is 0 Å². The lowest BCUT2D eigenvalue weighted by molar-refractivity contribution is -0.137. The highest BCUT2D eigenvalue weighted by Crippen LogP contribution is 2.34. The molecular weight excluding hydrogens is 190 g/mol. The number of nitrogens with two attached hydrogens (primary N) is 1. The normalized spacial score (nSPS) is 19.9. The molecule has 3 nitrogen and oxygen atoms in total. The zero-order valence-electron chi connectivity index (χ0n) is 9.61. The summed E-state index contributed by atoms with van der Waals surface area (Å²) in [6.45, 7) is 2.06. The lowest BCUT2D eigenvalue weighted by Gasteiger charge is -2.17. The molecule has 1 aliphatic carbocycles. The van der Waals surface area contributed by atoms with E-state index < -0.39 is 5.97 Å². The van der Waals surface area contributed by atoms with E-state index >= 15 is 0 Å². The molecule has 0 aliphatic heterocycles. The van der Waals surface area contributed by atoms with Crippen LogP contribution in [0, 0.1) is 11.8 Å². The summed E-state index contributed by atoms with van der Waals surface area (Å²) in [6, 6.07) is -0.177. The highest BCUT2D eigenvalue weighted by molar-refractivity contribution is 5.67. The van der Waals surface area contributed by atoms with Crippen molar-refractivity contribution in [2.75, 3.05) is 0 Å². The minimum Gasteiger partial charge on any atom is -0.481 e. The van der Waals surface area contributed by atoms with Gasteiger partial charge >= 0.3 is 5.97 Å². The molecule has 88 valence electrons. The van der Waals surface area contributed by atoms with Crippen LogP contribution in [0.5, 0.6) is 0 Å². The van der Waals surface area contributed by atoms with Gasteiger partial charge in [-0.2, -0.15) is 0 Å². The standard InChI is InChI=1S/C12H23NO2/c1-9(11(13)8-12(14)15)4-2-3-5-10-6-7-10/h9-11H,2-8,13H2,1H3,(H,14,15)/t9-,11+/m0/s1. The summed E-state index contributed by atoms with van der Waals surface area (Å²) in [6.07, 6.45) is 7.87. The summed E-state index contributed by atoms with van der Waals surface area (Å²) in [5.74, 6) is 0.556. The van der Waals surface area contributed by atoms with E-state index in [1.807, 2.05) is 0 Å². The van der Waals surface area contributed by atoms with Crippen LogP contribution in [0.2, 0.25) is 0 Å². The van der Waals surface area contributed by atoms with Crippen LogP contribution in [0.25, 0.3) is 0 Å². The lowest BCUT2D eigenvalue weighted by atomic mass is 9.93. The molecule has 3 N–H and O–H groups in total. The van der Waals surface area contributed by atoms with Crippen LogP contribution in [0.4, 0.5) is 0 Å². The van der Waals surface area contributed by atoms with Crippen molar-refractivity contribution in [2.24, 2.45) is 17.6 Å². The fourth-order valence-electron chi connectivity index (χ4n) is 1.92. The SMILES string of the molecule is C[C@@H](CCCCC1CC1)[C@H](N)CC(=O)O. The van der Waals surface area contributed by atoms with Gasteiger partial charge in [0.1, 0.15) is 0 Å². The minimum absolute atomic E-state index is 0.101. The average Bonchev–Trinajstić information content (AvgIpc) is 2.94. The Kier molecular flexibility index (Phi) is 5.09. The van der Waals surface area contributed by atoms with Crippen LogP contribution in [0.1, 0.15) is 51.9 Å². The maximum absolute atomic E-state index is 10.5. The van der Waals surface area contributed by atoms with Crippen LogP contribution < -0.4 is 5.73 Å². The molecule has 0 unspecified atom stereocenters. The molecule has 0 spiro atoms. The summed E-state index contributed by atoms with van der Waals surface area (Å²) in [4.78, 5) is 10.5. The zero-order chi connectivity index (χ0) is 11.3. The van der Waals surface area contributed by atoms with E-state index in [0.717, 1.165) is 12.3 Å². The van der Waals surface area contributed by atoms with Crippen molar-refractivity contribution < 1.29 is 9.90 Å². The Morgan fingerprint density at radius 1 is 1.47 bits per heavy atom. The first-order chi connectivity index (χ1) is 7.09. The summed E-state index contributed by atoms with van der Waals surface area (Å²) in [5, 5.41) is 8.61. The van der Waals surface area contributed by atoms with Gasteiger partial charge in [0, 0.05) is 6.04 Å². The largest absolute Gasteiger partial charge is 0.481 e. The van der Waals surface area contributed by atoms with Crippen LogP contribution in [0.15, 0.2) is 0 Å². The molecule has 0 amide bonds. The highest BCUT2D eigenvalue weighted by atomic mass is 16.4. The van der Waals surface area contributed by atoms with Gasteiger partial charge in [0.25, 0.3) is 0 Å². The van der Waals surface area contributed by atoms with E-state index in [1.54, 1.807) is 0 Å². The molecule has 1 fully saturated rings. The monoisotopic (exact) mass is 213 g/mol. The van der Waals surface area contributed by atoms with Gasteiger partial charge in [0.05, 0.1) is 6.42 Å². The van der Waals surface area contributed by atoms with E-state index in [-0.39, 0.29) is 12.5 Å². The molecule has 0 saturated heterocycles. The number of hydrogen-bond donors (Lipinski definition) is 2. The van der Waals surface area contributed by atoms with E-state index in [4.69, 9.17) is 10.8 Å². The van der Waals surface area contributed by atoms with Gasteiger partial charge in [-0.15, -0.1) is 0 Å². The first-order valence-corrected chi connectivity index (χ1v) is 6.07. The van der Waals surface area contributed by atoms with E-state index in [2.05, 4.69) is 6.92 Å². The third-order valence-corrected chi connectivity index (χ3v) is 3.36.